The maximum atomic E-state index is 12.6. The van der Waals surface area contributed by atoms with Gasteiger partial charge in [0.25, 0.3) is 5.91 Å². The summed E-state index contributed by atoms with van der Waals surface area (Å²) in [7, 11) is -2.36. The molecule has 3 amide bonds. The van der Waals surface area contributed by atoms with Crippen LogP contribution in [-0.4, -0.2) is 39.6 Å². The summed E-state index contributed by atoms with van der Waals surface area (Å²) < 4.78 is 29.1. The molecule has 0 heterocycles. The zero-order valence-electron chi connectivity index (χ0n) is 14.6. The molecular formula is C18H18N2O6S. The number of imide groups is 1. The molecule has 2 aromatic rings. The fraction of sp³-hybridized carbons (Fsp3) is 0.167. The van der Waals surface area contributed by atoms with Crippen LogP contribution in [0.1, 0.15) is 22.0 Å². The van der Waals surface area contributed by atoms with Crippen LogP contribution in [0.15, 0.2) is 59.5 Å². The number of carbonyl (C=O) groups excluding carboxylic acids is 3. The molecule has 0 saturated carbocycles. The number of esters is 1. The van der Waals surface area contributed by atoms with E-state index in [0.29, 0.717) is 5.56 Å². The number of ether oxygens (including phenoxy) is 1. The van der Waals surface area contributed by atoms with Crippen molar-refractivity contribution in [2.24, 2.45) is 0 Å². The van der Waals surface area contributed by atoms with E-state index in [0.717, 1.165) is 6.26 Å². The van der Waals surface area contributed by atoms with Gasteiger partial charge in [-0.25, -0.2) is 18.0 Å². The van der Waals surface area contributed by atoms with Gasteiger partial charge in [0.15, 0.2) is 9.84 Å². The third-order valence-corrected chi connectivity index (χ3v) is 4.69. The summed E-state index contributed by atoms with van der Waals surface area (Å²) in [4.78, 5) is 36.2. The fourth-order valence-corrected chi connectivity index (χ4v) is 3.15. The van der Waals surface area contributed by atoms with Crippen molar-refractivity contribution in [3.05, 3.63) is 65.7 Å². The van der Waals surface area contributed by atoms with E-state index in [1.807, 2.05) is 5.32 Å². The second-order valence-electron chi connectivity index (χ2n) is 5.53. The summed E-state index contributed by atoms with van der Waals surface area (Å²) in [5.74, 6) is -1.87. The molecule has 0 aliphatic carbocycles. The molecule has 142 valence electrons. The fourth-order valence-electron chi connectivity index (χ4n) is 2.27. The second kappa shape index (κ2) is 8.45. The smallest absolute Gasteiger partial charge is 0.340 e. The van der Waals surface area contributed by atoms with Crippen LogP contribution < -0.4 is 10.6 Å². The van der Waals surface area contributed by atoms with Crippen molar-refractivity contribution in [3.63, 3.8) is 0 Å². The molecule has 27 heavy (non-hydrogen) atoms. The lowest BCUT2D eigenvalue weighted by Crippen LogP contribution is -2.41. The van der Waals surface area contributed by atoms with Crippen LogP contribution >= 0.6 is 0 Å². The number of amides is 3. The highest BCUT2D eigenvalue weighted by molar-refractivity contribution is 7.90. The van der Waals surface area contributed by atoms with Gasteiger partial charge >= 0.3 is 12.0 Å². The number of nitrogens with one attached hydrogen (secondary N) is 2. The van der Waals surface area contributed by atoms with Crippen molar-refractivity contribution in [1.82, 2.24) is 10.6 Å². The number of urea groups is 1. The summed E-state index contributed by atoms with van der Waals surface area (Å²) >= 11 is 0. The molecule has 1 unspecified atom stereocenters. The molecule has 2 rings (SSSR count). The zero-order chi connectivity index (χ0) is 20.0. The lowest BCUT2D eigenvalue weighted by molar-refractivity contribution is -0.129. The summed E-state index contributed by atoms with van der Waals surface area (Å²) in [6, 6.07) is 12.8. The average molecular weight is 390 g/mol. The lowest BCUT2D eigenvalue weighted by atomic mass is 10.1. The van der Waals surface area contributed by atoms with E-state index in [4.69, 9.17) is 4.74 Å². The van der Waals surface area contributed by atoms with Crippen molar-refractivity contribution in [3.8, 4) is 0 Å². The summed E-state index contributed by atoms with van der Waals surface area (Å²) in [5, 5.41) is 4.27. The van der Waals surface area contributed by atoms with Crippen molar-refractivity contribution in [1.29, 1.82) is 0 Å². The molecule has 9 heteroatoms. The topological polar surface area (TPSA) is 119 Å². The Morgan fingerprint density at radius 2 is 1.56 bits per heavy atom. The molecule has 0 saturated heterocycles. The largest absolute Gasteiger partial charge is 0.444 e. The van der Waals surface area contributed by atoms with Gasteiger partial charge in [0.2, 0.25) is 6.10 Å². The predicted octanol–water partition coefficient (Wildman–Crippen LogP) is 1.44. The van der Waals surface area contributed by atoms with Crippen LogP contribution in [0.25, 0.3) is 0 Å². The summed E-state index contributed by atoms with van der Waals surface area (Å²) in [5.41, 5.74) is 0.123. The Hall–Kier alpha value is -3.20. The van der Waals surface area contributed by atoms with Crippen molar-refractivity contribution >= 4 is 27.7 Å². The highest BCUT2D eigenvalue weighted by atomic mass is 32.2. The molecule has 0 aromatic heterocycles. The molecule has 1 atom stereocenters. The summed E-state index contributed by atoms with van der Waals surface area (Å²) in [6.07, 6.45) is -0.477. The van der Waals surface area contributed by atoms with Crippen molar-refractivity contribution < 1.29 is 27.5 Å². The monoisotopic (exact) mass is 390 g/mol. The van der Waals surface area contributed by atoms with Gasteiger partial charge in [-0.1, -0.05) is 42.5 Å². The Bertz CT molecular complexity index is 957. The Kier molecular flexibility index (Phi) is 6.30. The first-order valence-corrected chi connectivity index (χ1v) is 9.70. The minimum atomic E-state index is -3.69. The van der Waals surface area contributed by atoms with Crippen LogP contribution in [0.3, 0.4) is 0 Å². The normalized spacial score (nSPS) is 11.9. The van der Waals surface area contributed by atoms with Gasteiger partial charge in [-0.05, 0) is 12.1 Å². The number of hydrogen-bond acceptors (Lipinski definition) is 6. The zero-order valence-corrected chi connectivity index (χ0v) is 15.4. The highest BCUT2D eigenvalue weighted by Gasteiger charge is 2.29. The van der Waals surface area contributed by atoms with Crippen LogP contribution in [0.5, 0.6) is 0 Å². The third-order valence-electron chi connectivity index (χ3n) is 3.54. The minimum absolute atomic E-state index is 0.200. The molecule has 8 nitrogen and oxygen atoms in total. The van der Waals surface area contributed by atoms with E-state index in [9.17, 15) is 22.8 Å². The second-order valence-corrected chi connectivity index (χ2v) is 7.52. The summed E-state index contributed by atoms with van der Waals surface area (Å²) in [6.45, 7) is 0. The Labute approximate surface area is 156 Å². The number of benzene rings is 2. The molecular weight excluding hydrogens is 372 g/mol. The van der Waals surface area contributed by atoms with E-state index in [1.54, 1.807) is 30.3 Å². The lowest BCUT2D eigenvalue weighted by Gasteiger charge is -2.18. The molecule has 0 fully saturated rings. The van der Waals surface area contributed by atoms with Gasteiger partial charge in [0, 0.05) is 18.9 Å². The molecule has 0 radical (unpaired) electrons. The predicted molar refractivity (Wildman–Crippen MR) is 96.7 cm³/mol. The third kappa shape index (κ3) is 5.14. The van der Waals surface area contributed by atoms with Gasteiger partial charge in [-0.3, -0.25) is 10.1 Å². The van der Waals surface area contributed by atoms with E-state index >= 15 is 0 Å². The first kappa shape index (κ1) is 20.1. The Balaban J connectivity index is 2.38. The van der Waals surface area contributed by atoms with Crippen molar-refractivity contribution in [2.75, 3.05) is 13.3 Å². The Morgan fingerprint density at radius 1 is 0.963 bits per heavy atom. The number of sulfone groups is 1. The van der Waals surface area contributed by atoms with Gasteiger partial charge in [-0.15, -0.1) is 0 Å². The first-order valence-electron chi connectivity index (χ1n) is 7.81. The van der Waals surface area contributed by atoms with Crippen LogP contribution in [0.4, 0.5) is 4.79 Å². The van der Waals surface area contributed by atoms with Gasteiger partial charge in [-0.2, -0.15) is 0 Å². The van der Waals surface area contributed by atoms with Gasteiger partial charge in [0.05, 0.1) is 10.5 Å². The van der Waals surface area contributed by atoms with E-state index in [1.165, 1.54) is 31.3 Å². The molecule has 2 aromatic carbocycles. The van der Waals surface area contributed by atoms with Crippen LogP contribution in [0.2, 0.25) is 0 Å². The van der Waals surface area contributed by atoms with E-state index in [-0.39, 0.29) is 10.5 Å². The maximum Gasteiger partial charge on any atom is 0.340 e. The Morgan fingerprint density at radius 3 is 2.15 bits per heavy atom. The van der Waals surface area contributed by atoms with Crippen molar-refractivity contribution in [2.45, 2.75) is 11.0 Å². The molecule has 0 aliphatic heterocycles. The van der Waals surface area contributed by atoms with Gasteiger partial charge < -0.3 is 10.1 Å². The van der Waals surface area contributed by atoms with E-state index < -0.39 is 33.8 Å². The van der Waals surface area contributed by atoms with Gasteiger partial charge in [0.1, 0.15) is 0 Å². The first-order chi connectivity index (χ1) is 12.7. The van der Waals surface area contributed by atoms with E-state index in [2.05, 4.69) is 5.32 Å². The SMILES string of the molecule is CNC(=O)NC(=O)C(OC(=O)c1ccccc1S(C)(=O)=O)c1ccccc1. The quantitative estimate of drug-likeness (QED) is 0.746. The molecule has 0 bridgehead atoms. The molecule has 0 spiro atoms. The maximum absolute atomic E-state index is 12.6. The highest BCUT2D eigenvalue weighted by Crippen LogP contribution is 2.22. The minimum Gasteiger partial charge on any atom is -0.444 e. The standard InChI is InChI=1S/C18H18N2O6S/c1-19-18(23)20-16(21)15(12-8-4-3-5-9-12)26-17(22)13-10-6-7-11-14(13)27(2,24)25/h3-11,15H,1-2H3,(H2,19,20,21,23). The molecule has 0 aliphatic rings. The number of hydrogen-bond donors (Lipinski definition) is 2. The number of carbonyl (C=O) groups is 3. The average Bonchev–Trinajstić information content (AvgIpc) is 2.65. The number of rotatable bonds is 5. The molecule has 2 N–H and O–H groups in total. The van der Waals surface area contributed by atoms with Crippen LogP contribution in [0, 0.1) is 0 Å². The van der Waals surface area contributed by atoms with Crippen LogP contribution in [-0.2, 0) is 19.4 Å².